The van der Waals surface area contributed by atoms with Crippen LogP contribution in [0.5, 0.6) is 0 Å². The highest BCUT2D eigenvalue weighted by Crippen LogP contribution is 2.21. The summed E-state index contributed by atoms with van der Waals surface area (Å²) >= 11 is 0. The second kappa shape index (κ2) is 7.46. The largest absolute Gasteiger partial charge is 0.370 e. The standard InChI is InChI=1S/C17H26N4O2/c1-11-7-12(2)9-13(8-11)20-17(18)19-10-14-5-6-15(23-14)16(22)21(3)4/h7-9,14-15H,5-6,10H2,1-4H3,(H3,18,19,20). The molecule has 1 aromatic rings. The van der Waals surface area contributed by atoms with Crippen LogP contribution in [0.4, 0.5) is 5.69 Å². The van der Waals surface area contributed by atoms with Crippen LogP contribution in [0.2, 0.25) is 0 Å². The molecule has 0 aromatic heterocycles. The summed E-state index contributed by atoms with van der Waals surface area (Å²) < 4.78 is 5.74. The van der Waals surface area contributed by atoms with Gasteiger partial charge in [0.1, 0.15) is 6.10 Å². The summed E-state index contributed by atoms with van der Waals surface area (Å²) in [5, 5.41) is 3.10. The molecule has 0 radical (unpaired) electrons. The molecule has 1 aliphatic heterocycles. The predicted octanol–water partition coefficient (Wildman–Crippen LogP) is 1.67. The van der Waals surface area contributed by atoms with Gasteiger partial charge in [-0.25, -0.2) is 0 Å². The second-order valence-corrected chi connectivity index (χ2v) is 6.28. The van der Waals surface area contributed by atoms with Gasteiger partial charge in [0.15, 0.2) is 5.96 Å². The smallest absolute Gasteiger partial charge is 0.251 e. The van der Waals surface area contributed by atoms with E-state index in [1.165, 1.54) is 11.1 Å². The molecule has 1 aliphatic rings. The lowest BCUT2D eigenvalue weighted by molar-refractivity contribution is -0.140. The number of carbonyl (C=O) groups excluding carboxylic acids is 1. The van der Waals surface area contributed by atoms with E-state index < -0.39 is 0 Å². The average Bonchev–Trinajstić information content (AvgIpc) is 2.91. The number of carbonyl (C=O) groups is 1. The van der Waals surface area contributed by atoms with Gasteiger partial charge in [0.25, 0.3) is 5.91 Å². The number of amides is 1. The highest BCUT2D eigenvalue weighted by molar-refractivity contribution is 5.92. The normalized spacial score (nSPS) is 21.3. The van der Waals surface area contributed by atoms with Gasteiger partial charge >= 0.3 is 0 Å². The van der Waals surface area contributed by atoms with Gasteiger partial charge in [-0.15, -0.1) is 0 Å². The first-order valence-electron chi connectivity index (χ1n) is 7.87. The third-order valence-electron chi connectivity index (χ3n) is 3.78. The second-order valence-electron chi connectivity index (χ2n) is 6.28. The van der Waals surface area contributed by atoms with E-state index in [9.17, 15) is 4.79 Å². The zero-order valence-electron chi connectivity index (χ0n) is 14.3. The molecule has 3 N–H and O–H groups in total. The lowest BCUT2D eigenvalue weighted by Crippen LogP contribution is -2.34. The Bertz CT molecular complexity index is 578. The maximum Gasteiger partial charge on any atom is 0.251 e. The molecule has 23 heavy (non-hydrogen) atoms. The fourth-order valence-corrected chi connectivity index (χ4v) is 2.74. The Morgan fingerprint density at radius 1 is 1.30 bits per heavy atom. The Balaban J connectivity index is 1.87. The van der Waals surface area contributed by atoms with Crippen LogP contribution in [0, 0.1) is 13.8 Å². The van der Waals surface area contributed by atoms with Gasteiger partial charge in [-0.05, 0) is 49.9 Å². The van der Waals surface area contributed by atoms with Crippen molar-refractivity contribution in [1.82, 2.24) is 4.90 Å². The number of likely N-dealkylation sites (N-methyl/N-ethyl adjacent to an activating group) is 1. The first kappa shape index (κ1) is 17.3. The Labute approximate surface area is 137 Å². The summed E-state index contributed by atoms with van der Waals surface area (Å²) in [7, 11) is 3.48. The number of hydrogen-bond donors (Lipinski definition) is 2. The summed E-state index contributed by atoms with van der Waals surface area (Å²) in [6.45, 7) is 4.54. The Morgan fingerprint density at radius 3 is 2.57 bits per heavy atom. The lowest BCUT2D eigenvalue weighted by Gasteiger charge is -2.16. The van der Waals surface area contributed by atoms with Gasteiger partial charge < -0.3 is 20.7 Å². The molecule has 2 atom stereocenters. The molecule has 1 fully saturated rings. The van der Waals surface area contributed by atoms with E-state index in [4.69, 9.17) is 10.5 Å². The molecule has 1 saturated heterocycles. The number of aryl methyl sites for hydroxylation is 2. The number of nitrogens with two attached hydrogens (primary N) is 1. The van der Waals surface area contributed by atoms with Gasteiger partial charge in [0, 0.05) is 19.8 Å². The number of ether oxygens (including phenoxy) is 1. The summed E-state index contributed by atoms with van der Waals surface area (Å²) in [4.78, 5) is 17.8. The van der Waals surface area contributed by atoms with Gasteiger partial charge in [0.2, 0.25) is 0 Å². The number of nitrogens with one attached hydrogen (secondary N) is 1. The maximum atomic E-state index is 11.9. The number of anilines is 1. The number of aliphatic imine (C=N–C) groups is 1. The maximum absolute atomic E-state index is 11.9. The van der Waals surface area contributed by atoms with Crippen molar-refractivity contribution in [2.45, 2.75) is 38.9 Å². The number of hydrogen-bond acceptors (Lipinski definition) is 3. The Kier molecular flexibility index (Phi) is 5.60. The monoisotopic (exact) mass is 318 g/mol. The molecule has 6 nitrogen and oxygen atoms in total. The first-order chi connectivity index (χ1) is 10.8. The minimum atomic E-state index is -0.348. The van der Waals surface area contributed by atoms with Crippen molar-refractivity contribution in [3.8, 4) is 0 Å². The van der Waals surface area contributed by atoms with Gasteiger partial charge in [0.05, 0.1) is 12.6 Å². The van der Waals surface area contributed by atoms with Crippen LogP contribution in [0.1, 0.15) is 24.0 Å². The van der Waals surface area contributed by atoms with Crippen molar-refractivity contribution < 1.29 is 9.53 Å². The quantitative estimate of drug-likeness (QED) is 0.654. The van der Waals surface area contributed by atoms with Gasteiger partial charge in [-0.3, -0.25) is 9.79 Å². The fourth-order valence-electron chi connectivity index (χ4n) is 2.74. The zero-order chi connectivity index (χ0) is 17.0. The molecule has 126 valence electrons. The molecule has 1 aromatic carbocycles. The Hall–Kier alpha value is -2.08. The van der Waals surface area contributed by atoms with Crippen LogP contribution in [0.25, 0.3) is 0 Å². The summed E-state index contributed by atoms with van der Waals surface area (Å²) in [6, 6.07) is 6.15. The van der Waals surface area contributed by atoms with E-state index in [0.29, 0.717) is 12.5 Å². The molecular formula is C17H26N4O2. The average molecular weight is 318 g/mol. The van der Waals surface area contributed by atoms with E-state index in [1.807, 2.05) is 26.0 Å². The molecule has 2 unspecified atom stereocenters. The Morgan fingerprint density at radius 2 is 1.96 bits per heavy atom. The summed E-state index contributed by atoms with van der Waals surface area (Å²) in [5.74, 6) is 0.374. The van der Waals surface area contributed by atoms with Gasteiger partial charge in [-0.1, -0.05) is 6.07 Å². The molecule has 2 rings (SSSR count). The molecule has 0 aliphatic carbocycles. The minimum Gasteiger partial charge on any atom is -0.370 e. The van der Waals surface area contributed by atoms with Crippen molar-refractivity contribution in [3.63, 3.8) is 0 Å². The van der Waals surface area contributed by atoms with Crippen LogP contribution < -0.4 is 11.1 Å². The third kappa shape index (κ3) is 4.96. The highest BCUT2D eigenvalue weighted by Gasteiger charge is 2.31. The van der Waals surface area contributed by atoms with Crippen LogP contribution >= 0.6 is 0 Å². The number of guanidine groups is 1. The van der Waals surface area contributed by atoms with Crippen LogP contribution in [-0.4, -0.2) is 49.6 Å². The van der Waals surface area contributed by atoms with E-state index >= 15 is 0 Å². The van der Waals surface area contributed by atoms with Crippen LogP contribution in [-0.2, 0) is 9.53 Å². The van der Waals surface area contributed by atoms with Crippen molar-refractivity contribution in [2.24, 2.45) is 10.7 Å². The van der Waals surface area contributed by atoms with Crippen molar-refractivity contribution >= 4 is 17.6 Å². The lowest BCUT2D eigenvalue weighted by atomic mass is 10.1. The third-order valence-corrected chi connectivity index (χ3v) is 3.78. The van der Waals surface area contributed by atoms with Crippen molar-refractivity contribution in [1.29, 1.82) is 0 Å². The number of nitrogens with zero attached hydrogens (tertiary/aromatic N) is 2. The SMILES string of the molecule is Cc1cc(C)cc(NC(N)=NCC2CCC(C(=O)N(C)C)O2)c1. The van der Waals surface area contributed by atoms with E-state index in [-0.39, 0.29) is 18.1 Å². The predicted molar refractivity (Wildman–Crippen MR) is 92.6 cm³/mol. The van der Waals surface area contributed by atoms with E-state index in [0.717, 1.165) is 18.5 Å². The number of benzene rings is 1. The molecule has 0 saturated carbocycles. The molecule has 0 spiro atoms. The van der Waals surface area contributed by atoms with E-state index in [2.05, 4.69) is 16.4 Å². The number of rotatable bonds is 4. The molecule has 1 amide bonds. The topological polar surface area (TPSA) is 79.9 Å². The van der Waals surface area contributed by atoms with Gasteiger partial charge in [-0.2, -0.15) is 0 Å². The molecule has 6 heteroatoms. The minimum absolute atomic E-state index is 0.0119. The van der Waals surface area contributed by atoms with E-state index in [1.54, 1.807) is 19.0 Å². The fraction of sp³-hybridized carbons (Fsp3) is 0.529. The highest BCUT2D eigenvalue weighted by atomic mass is 16.5. The summed E-state index contributed by atoms with van der Waals surface area (Å²) in [5.41, 5.74) is 9.20. The zero-order valence-corrected chi connectivity index (χ0v) is 14.3. The first-order valence-corrected chi connectivity index (χ1v) is 7.87. The summed E-state index contributed by atoms with van der Waals surface area (Å²) in [6.07, 6.45) is 1.16. The van der Waals surface area contributed by atoms with Crippen LogP contribution in [0.15, 0.2) is 23.2 Å². The molecule has 1 heterocycles. The van der Waals surface area contributed by atoms with Crippen molar-refractivity contribution in [3.05, 3.63) is 29.3 Å². The van der Waals surface area contributed by atoms with Crippen molar-refractivity contribution in [2.75, 3.05) is 26.0 Å². The molecule has 0 bridgehead atoms. The molecular weight excluding hydrogens is 292 g/mol. The van der Waals surface area contributed by atoms with Crippen LogP contribution in [0.3, 0.4) is 0 Å².